The van der Waals surface area contributed by atoms with E-state index in [-0.39, 0.29) is 18.0 Å². The Balaban J connectivity index is 1.63. The van der Waals surface area contributed by atoms with E-state index in [2.05, 4.69) is 10.2 Å². The molecule has 29 heavy (non-hydrogen) atoms. The molecule has 0 aromatic heterocycles. The van der Waals surface area contributed by atoms with Gasteiger partial charge in [-0.15, -0.1) is 0 Å². The zero-order valence-corrected chi connectivity index (χ0v) is 16.9. The highest BCUT2D eigenvalue weighted by Gasteiger charge is 2.37. The van der Waals surface area contributed by atoms with Gasteiger partial charge in [-0.2, -0.15) is 0 Å². The average Bonchev–Trinajstić information content (AvgIpc) is 2.77. The van der Waals surface area contributed by atoms with E-state index in [1.165, 1.54) is 0 Å². The molecule has 2 aliphatic heterocycles. The fraction of sp³-hybridized carbons (Fsp3) is 0.364. The number of hydrogen-bond donors (Lipinski definition) is 1. The molecule has 2 heterocycles. The lowest BCUT2D eigenvalue weighted by molar-refractivity contribution is 0.0589. The molecule has 0 saturated carbocycles. The molecule has 2 aromatic rings. The van der Waals surface area contributed by atoms with Crippen LogP contribution in [0.2, 0.25) is 0 Å². The molecule has 0 radical (unpaired) electrons. The van der Waals surface area contributed by atoms with Crippen LogP contribution in [0.15, 0.2) is 36.4 Å². The number of amides is 2. The Labute approximate surface area is 170 Å². The van der Waals surface area contributed by atoms with E-state index in [1.54, 1.807) is 50.6 Å². The van der Waals surface area contributed by atoms with Crippen LogP contribution >= 0.6 is 0 Å². The first kappa shape index (κ1) is 19.1. The second-order valence-electron chi connectivity index (χ2n) is 7.34. The first-order valence-electron chi connectivity index (χ1n) is 9.74. The minimum atomic E-state index is -0.272. The summed E-state index contributed by atoms with van der Waals surface area (Å²) in [5.74, 6) is 0.937. The van der Waals surface area contributed by atoms with Crippen LogP contribution in [0.5, 0.6) is 11.5 Å². The molecule has 2 amide bonds. The maximum absolute atomic E-state index is 12.9. The van der Waals surface area contributed by atoms with E-state index in [0.29, 0.717) is 28.3 Å². The van der Waals surface area contributed by atoms with Gasteiger partial charge in [-0.05, 0) is 49.6 Å². The zero-order valence-electron chi connectivity index (χ0n) is 16.9. The summed E-state index contributed by atoms with van der Waals surface area (Å²) in [6, 6.07) is 10.5. The molecule has 2 aromatic carbocycles. The number of anilines is 2. The molecule has 0 unspecified atom stereocenters. The Bertz CT molecular complexity index is 959. The molecule has 152 valence electrons. The van der Waals surface area contributed by atoms with Crippen molar-refractivity contribution in [2.24, 2.45) is 0 Å². The number of hydrogen-bond acceptors (Lipinski definition) is 5. The standard InChI is InChI=1S/C22H25N3O4/c1-24-18-12-14(7-9-16(18)22(27)25-11-5-4-6-20(24)25)21(26)23-17-13-15(28-2)8-10-19(17)29-3/h7-10,12-13,20H,4-6,11H2,1-3H3,(H,23,26)/t20-/m0/s1. The lowest BCUT2D eigenvalue weighted by Crippen LogP contribution is -2.55. The number of nitrogens with one attached hydrogen (secondary N) is 1. The fourth-order valence-corrected chi connectivity index (χ4v) is 4.12. The molecule has 2 aliphatic rings. The number of carbonyl (C=O) groups is 2. The van der Waals surface area contributed by atoms with Gasteiger partial charge >= 0.3 is 0 Å². The van der Waals surface area contributed by atoms with Crippen LogP contribution in [0.4, 0.5) is 11.4 Å². The summed E-state index contributed by atoms with van der Waals surface area (Å²) < 4.78 is 10.6. The monoisotopic (exact) mass is 395 g/mol. The van der Waals surface area contributed by atoms with Crippen molar-refractivity contribution in [3.8, 4) is 11.5 Å². The Morgan fingerprint density at radius 2 is 1.93 bits per heavy atom. The van der Waals surface area contributed by atoms with E-state index in [4.69, 9.17) is 9.47 Å². The molecule has 0 spiro atoms. The molecule has 7 nitrogen and oxygen atoms in total. The van der Waals surface area contributed by atoms with Gasteiger partial charge in [-0.1, -0.05) is 0 Å². The molecular weight excluding hydrogens is 370 g/mol. The molecule has 7 heteroatoms. The quantitative estimate of drug-likeness (QED) is 0.860. The highest BCUT2D eigenvalue weighted by molar-refractivity contribution is 6.08. The Morgan fingerprint density at radius 1 is 1.10 bits per heavy atom. The topological polar surface area (TPSA) is 71.1 Å². The van der Waals surface area contributed by atoms with Crippen LogP contribution in [0.1, 0.15) is 40.0 Å². The van der Waals surface area contributed by atoms with Gasteiger partial charge in [0, 0.05) is 25.2 Å². The van der Waals surface area contributed by atoms with E-state index >= 15 is 0 Å². The maximum atomic E-state index is 12.9. The zero-order chi connectivity index (χ0) is 20.5. The number of methoxy groups -OCH3 is 2. The van der Waals surface area contributed by atoms with Crippen molar-refractivity contribution in [3.05, 3.63) is 47.5 Å². The van der Waals surface area contributed by atoms with E-state index < -0.39 is 0 Å². The average molecular weight is 395 g/mol. The molecule has 1 N–H and O–H groups in total. The predicted octanol–water partition coefficient (Wildman–Crippen LogP) is 3.36. The lowest BCUT2D eigenvalue weighted by atomic mass is 9.97. The van der Waals surface area contributed by atoms with Gasteiger partial charge in [0.2, 0.25) is 0 Å². The highest BCUT2D eigenvalue weighted by atomic mass is 16.5. The predicted molar refractivity (Wildman–Crippen MR) is 111 cm³/mol. The highest BCUT2D eigenvalue weighted by Crippen LogP contribution is 2.35. The van der Waals surface area contributed by atoms with Gasteiger partial charge in [-0.25, -0.2) is 0 Å². The normalized spacial score (nSPS) is 18.0. The lowest BCUT2D eigenvalue weighted by Gasteiger charge is -2.46. The number of carbonyl (C=O) groups excluding carboxylic acids is 2. The molecule has 1 saturated heterocycles. The van der Waals surface area contributed by atoms with Crippen LogP contribution in [-0.2, 0) is 0 Å². The van der Waals surface area contributed by atoms with Crippen LogP contribution in [0.3, 0.4) is 0 Å². The summed E-state index contributed by atoms with van der Waals surface area (Å²) in [4.78, 5) is 29.9. The van der Waals surface area contributed by atoms with Crippen molar-refractivity contribution in [1.29, 1.82) is 0 Å². The molecule has 0 bridgehead atoms. The van der Waals surface area contributed by atoms with E-state index in [0.717, 1.165) is 31.5 Å². The first-order chi connectivity index (χ1) is 14.0. The largest absolute Gasteiger partial charge is 0.497 e. The first-order valence-corrected chi connectivity index (χ1v) is 9.74. The van der Waals surface area contributed by atoms with Crippen molar-refractivity contribution in [3.63, 3.8) is 0 Å². The van der Waals surface area contributed by atoms with Crippen LogP contribution in [-0.4, -0.2) is 50.7 Å². The summed E-state index contributed by atoms with van der Waals surface area (Å²) in [5.41, 5.74) is 2.44. The summed E-state index contributed by atoms with van der Waals surface area (Å²) in [5, 5.41) is 2.88. The number of fused-ring (bicyclic) bond motifs is 2. The van der Waals surface area contributed by atoms with Crippen LogP contribution in [0.25, 0.3) is 0 Å². The minimum Gasteiger partial charge on any atom is -0.497 e. The SMILES string of the molecule is COc1ccc(OC)c(NC(=O)c2ccc3c(c2)N(C)[C@@H]2CCCCN2C3=O)c1. The summed E-state index contributed by atoms with van der Waals surface area (Å²) in [7, 11) is 5.10. The smallest absolute Gasteiger partial charge is 0.257 e. The molecular formula is C22H25N3O4. The van der Waals surface area contributed by atoms with Gasteiger partial charge in [0.25, 0.3) is 11.8 Å². The molecule has 4 rings (SSSR count). The van der Waals surface area contributed by atoms with Crippen molar-refractivity contribution >= 4 is 23.2 Å². The third-order valence-electron chi connectivity index (χ3n) is 5.70. The van der Waals surface area contributed by atoms with Gasteiger partial charge in [0.1, 0.15) is 17.7 Å². The Hall–Kier alpha value is -3.22. The second kappa shape index (κ2) is 7.66. The third-order valence-corrected chi connectivity index (χ3v) is 5.70. The maximum Gasteiger partial charge on any atom is 0.257 e. The van der Waals surface area contributed by atoms with Gasteiger partial charge < -0.3 is 24.6 Å². The minimum absolute atomic E-state index is 0.0456. The summed E-state index contributed by atoms with van der Waals surface area (Å²) >= 11 is 0. The van der Waals surface area contributed by atoms with Crippen LogP contribution < -0.4 is 19.7 Å². The van der Waals surface area contributed by atoms with E-state index in [9.17, 15) is 9.59 Å². The molecule has 1 fully saturated rings. The number of benzene rings is 2. The number of nitrogens with zero attached hydrogens (tertiary/aromatic N) is 2. The van der Waals surface area contributed by atoms with Crippen molar-refractivity contribution < 1.29 is 19.1 Å². The van der Waals surface area contributed by atoms with Gasteiger partial charge in [-0.3, -0.25) is 9.59 Å². The van der Waals surface area contributed by atoms with Gasteiger partial charge in [0.15, 0.2) is 0 Å². The summed E-state index contributed by atoms with van der Waals surface area (Å²) in [6.07, 6.45) is 3.14. The third kappa shape index (κ3) is 3.37. The number of ether oxygens (including phenoxy) is 2. The van der Waals surface area contributed by atoms with Gasteiger partial charge in [0.05, 0.1) is 31.2 Å². The van der Waals surface area contributed by atoms with Crippen molar-refractivity contribution in [2.45, 2.75) is 25.4 Å². The number of piperidine rings is 1. The Morgan fingerprint density at radius 3 is 2.69 bits per heavy atom. The van der Waals surface area contributed by atoms with Crippen molar-refractivity contribution in [2.75, 3.05) is 38.0 Å². The number of rotatable bonds is 4. The summed E-state index contributed by atoms with van der Waals surface area (Å²) in [6.45, 7) is 0.783. The fourth-order valence-electron chi connectivity index (χ4n) is 4.12. The van der Waals surface area contributed by atoms with E-state index in [1.807, 2.05) is 11.9 Å². The van der Waals surface area contributed by atoms with Crippen molar-refractivity contribution in [1.82, 2.24) is 4.90 Å². The molecule has 1 atom stereocenters. The second-order valence-corrected chi connectivity index (χ2v) is 7.34. The molecule has 0 aliphatic carbocycles. The Kier molecular flexibility index (Phi) is 5.05. The van der Waals surface area contributed by atoms with Crippen LogP contribution in [0, 0.1) is 0 Å².